The van der Waals surface area contributed by atoms with E-state index in [9.17, 15) is 4.79 Å². The molecule has 0 radical (unpaired) electrons. The minimum Gasteiger partial charge on any atom is -0.496 e. The standard InChI is InChI=1S/C15H23N3O2/c1-14(2,16)9-18-13(19)15(17)8-7-10-11(15)5-4-6-12(10)20-3/h4-6H,7-9,16-17H2,1-3H3,(H,18,19). The number of ether oxygens (including phenoxy) is 1. The molecule has 0 aromatic heterocycles. The lowest BCUT2D eigenvalue weighted by molar-refractivity contribution is -0.126. The summed E-state index contributed by atoms with van der Waals surface area (Å²) in [5.74, 6) is 0.616. The summed E-state index contributed by atoms with van der Waals surface area (Å²) in [6.07, 6.45) is 1.33. The molecule has 110 valence electrons. The number of carbonyl (C=O) groups is 1. The van der Waals surface area contributed by atoms with E-state index in [0.717, 1.165) is 23.3 Å². The van der Waals surface area contributed by atoms with E-state index in [1.807, 2.05) is 32.0 Å². The van der Waals surface area contributed by atoms with Crippen molar-refractivity contribution in [1.82, 2.24) is 5.32 Å². The molecule has 1 unspecified atom stereocenters. The maximum absolute atomic E-state index is 12.4. The van der Waals surface area contributed by atoms with Crippen LogP contribution in [0.25, 0.3) is 0 Å². The van der Waals surface area contributed by atoms with Gasteiger partial charge >= 0.3 is 0 Å². The van der Waals surface area contributed by atoms with Crippen molar-refractivity contribution < 1.29 is 9.53 Å². The number of rotatable bonds is 4. The zero-order valence-corrected chi connectivity index (χ0v) is 12.3. The predicted octanol–water partition coefficient (Wildman–Crippen LogP) is 0.649. The largest absolute Gasteiger partial charge is 0.496 e. The third kappa shape index (κ3) is 2.64. The van der Waals surface area contributed by atoms with Crippen LogP contribution in [0.1, 0.15) is 31.4 Å². The highest BCUT2D eigenvalue weighted by Gasteiger charge is 2.43. The fourth-order valence-electron chi connectivity index (χ4n) is 2.59. The van der Waals surface area contributed by atoms with Gasteiger partial charge in [0, 0.05) is 12.1 Å². The van der Waals surface area contributed by atoms with Crippen molar-refractivity contribution in [2.24, 2.45) is 11.5 Å². The van der Waals surface area contributed by atoms with Gasteiger partial charge in [-0.2, -0.15) is 0 Å². The summed E-state index contributed by atoms with van der Waals surface area (Å²) < 4.78 is 5.34. The fourth-order valence-corrected chi connectivity index (χ4v) is 2.59. The van der Waals surface area contributed by atoms with Crippen molar-refractivity contribution in [2.75, 3.05) is 13.7 Å². The van der Waals surface area contributed by atoms with Crippen molar-refractivity contribution >= 4 is 5.91 Å². The smallest absolute Gasteiger partial charge is 0.244 e. The van der Waals surface area contributed by atoms with Gasteiger partial charge in [0.25, 0.3) is 0 Å². The van der Waals surface area contributed by atoms with E-state index in [-0.39, 0.29) is 5.91 Å². The predicted molar refractivity (Wildman–Crippen MR) is 78.5 cm³/mol. The average molecular weight is 277 g/mol. The molecule has 1 aromatic rings. The van der Waals surface area contributed by atoms with Crippen LogP contribution in [0.5, 0.6) is 5.75 Å². The van der Waals surface area contributed by atoms with Crippen LogP contribution in [0.2, 0.25) is 0 Å². The molecule has 2 rings (SSSR count). The maximum Gasteiger partial charge on any atom is 0.244 e. The number of fused-ring (bicyclic) bond motifs is 1. The highest BCUT2D eigenvalue weighted by molar-refractivity contribution is 5.89. The molecule has 0 aliphatic heterocycles. The first-order chi connectivity index (χ1) is 9.28. The van der Waals surface area contributed by atoms with Gasteiger partial charge in [0.2, 0.25) is 5.91 Å². The van der Waals surface area contributed by atoms with Gasteiger partial charge in [0.05, 0.1) is 7.11 Å². The minimum atomic E-state index is -0.991. The Bertz CT molecular complexity index is 522. The number of carbonyl (C=O) groups excluding carboxylic acids is 1. The van der Waals surface area contributed by atoms with Gasteiger partial charge in [-0.3, -0.25) is 4.79 Å². The van der Waals surface area contributed by atoms with E-state index in [1.54, 1.807) is 7.11 Å². The Morgan fingerprint density at radius 2 is 2.20 bits per heavy atom. The molecule has 0 saturated carbocycles. The molecule has 0 saturated heterocycles. The fraction of sp³-hybridized carbons (Fsp3) is 0.533. The van der Waals surface area contributed by atoms with Crippen molar-refractivity contribution in [2.45, 2.75) is 37.8 Å². The summed E-state index contributed by atoms with van der Waals surface area (Å²) in [5, 5.41) is 2.85. The van der Waals surface area contributed by atoms with Crippen LogP contribution in [-0.2, 0) is 16.8 Å². The highest BCUT2D eigenvalue weighted by atomic mass is 16.5. The summed E-state index contributed by atoms with van der Waals surface area (Å²) >= 11 is 0. The maximum atomic E-state index is 12.4. The molecule has 1 aliphatic carbocycles. The molecule has 1 atom stereocenters. The number of hydrogen-bond donors (Lipinski definition) is 3. The molecule has 0 bridgehead atoms. The van der Waals surface area contributed by atoms with Gasteiger partial charge in [0.15, 0.2) is 0 Å². The quantitative estimate of drug-likeness (QED) is 0.753. The third-order valence-electron chi connectivity index (χ3n) is 3.71. The molecule has 20 heavy (non-hydrogen) atoms. The van der Waals surface area contributed by atoms with E-state index in [2.05, 4.69) is 5.32 Å². The van der Waals surface area contributed by atoms with Crippen LogP contribution >= 0.6 is 0 Å². The van der Waals surface area contributed by atoms with Crippen LogP contribution in [-0.4, -0.2) is 25.1 Å². The van der Waals surface area contributed by atoms with Gasteiger partial charge in [-0.25, -0.2) is 0 Å². The number of nitrogens with two attached hydrogens (primary N) is 2. The van der Waals surface area contributed by atoms with Crippen LogP contribution in [0.3, 0.4) is 0 Å². The third-order valence-corrected chi connectivity index (χ3v) is 3.71. The topological polar surface area (TPSA) is 90.4 Å². The number of amides is 1. The van der Waals surface area contributed by atoms with Crippen LogP contribution < -0.4 is 21.5 Å². The Labute approximate surface area is 119 Å². The highest BCUT2D eigenvalue weighted by Crippen LogP contribution is 2.39. The monoisotopic (exact) mass is 277 g/mol. The zero-order valence-electron chi connectivity index (χ0n) is 12.3. The molecule has 5 heteroatoms. The summed E-state index contributed by atoms with van der Waals surface area (Å²) in [4.78, 5) is 12.4. The molecule has 0 heterocycles. The van der Waals surface area contributed by atoms with E-state index in [4.69, 9.17) is 16.2 Å². The number of hydrogen-bond acceptors (Lipinski definition) is 4. The second kappa shape index (κ2) is 5.07. The second-order valence-corrected chi connectivity index (χ2v) is 6.13. The molecular weight excluding hydrogens is 254 g/mol. The average Bonchev–Trinajstić information content (AvgIpc) is 2.74. The molecule has 1 amide bonds. The first-order valence-corrected chi connectivity index (χ1v) is 6.80. The summed E-state index contributed by atoms with van der Waals surface area (Å²) in [6.45, 7) is 4.12. The SMILES string of the molecule is COc1cccc2c1CCC2(N)C(=O)NCC(C)(C)N. The Hall–Kier alpha value is -1.59. The van der Waals surface area contributed by atoms with Crippen molar-refractivity contribution in [3.8, 4) is 5.75 Å². The number of methoxy groups -OCH3 is 1. The molecule has 5 N–H and O–H groups in total. The van der Waals surface area contributed by atoms with Crippen molar-refractivity contribution in [3.63, 3.8) is 0 Å². The van der Waals surface area contributed by atoms with E-state index >= 15 is 0 Å². The van der Waals surface area contributed by atoms with Crippen LogP contribution in [0, 0.1) is 0 Å². The Kier molecular flexibility index (Phi) is 3.75. The lowest BCUT2D eigenvalue weighted by atomic mass is 9.91. The molecule has 1 aliphatic rings. The van der Waals surface area contributed by atoms with Crippen LogP contribution in [0.15, 0.2) is 18.2 Å². The summed E-state index contributed by atoms with van der Waals surface area (Å²) in [6, 6.07) is 5.66. The van der Waals surface area contributed by atoms with Gasteiger partial charge < -0.3 is 21.5 Å². The minimum absolute atomic E-state index is 0.178. The Balaban J connectivity index is 2.24. The molecule has 1 aromatic carbocycles. The summed E-state index contributed by atoms with van der Waals surface area (Å²) in [5.41, 5.74) is 12.7. The van der Waals surface area contributed by atoms with Gasteiger partial charge in [-0.05, 0) is 43.9 Å². The van der Waals surface area contributed by atoms with E-state index in [1.165, 1.54) is 0 Å². The van der Waals surface area contributed by atoms with Gasteiger partial charge in [-0.15, -0.1) is 0 Å². The summed E-state index contributed by atoms with van der Waals surface area (Å²) in [7, 11) is 1.63. The first kappa shape index (κ1) is 14.8. The van der Waals surface area contributed by atoms with Crippen molar-refractivity contribution in [3.05, 3.63) is 29.3 Å². The first-order valence-electron chi connectivity index (χ1n) is 6.80. The Morgan fingerprint density at radius 3 is 2.80 bits per heavy atom. The van der Waals surface area contributed by atoms with Gasteiger partial charge in [0.1, 0.15) is 11.3 Å². The Morgan fingerprint density at radius 1 is 1.50 bits per heavy atom. The second-order valence-electron chi connectivity index (χ2n) is 6.13. The van der Waals surface area contributed by atoms with Crippen molar-refractivity contribution in [1.29, 1.82) is 0 Å². The molecule has 0 fully saturated rings. The number of nitrogens with one attached hydrogen (secondary N) is 1. The molecular formula is C15H23N3O2. The van der Waals surface area contributed by atoms with Crippen LogP contribution in [0.4, 0.5) is 0 Å². The molecule has 0 spiro atoms. The normalized spacial score (nSPS) is 21.4. The zero-order chi connectivity index (χ0) is 15.0. The van der Waals surface area contributed by atoms with Gasteiger partial charge in [-0.1, -0.05) is 12.1 Å². The van der Waals surface area contributed by atoms with E-state index in [0.29, 0.717) is 13.0 Å². The van der Waals surface area contributed by atoms with E-state index < -0.39 is 11.1 Å². The number of benzene rings is 1. The lowest BCUT2D eigenvalue weighted by Crippen LogP contribution is -2.54. The molecule has 5 nitrogen and oxygen atoms in total. The lowest BCUT2D eigenvalue weighted by Gasteiger charge is -2.27.